The van der Waals surface area contributed by atoms with Crippen LogP contribution in [0.25, 0.3) is 6.08 Å². The second-order valence-electron chi connectivity index (χ2n) is 3.90. The predicted octanol–water partition coefficient (Wildman–Crippen LogP) is 2.61. The Morgan fingerprint density at radius 3 is 2.89 bits per heavy atom. The maximum absolute atomic E-state index is 10.7. The topological polar surface area (TPSA) is 47.6 Å². The van der Waals surface area contributed by atoms with Crippen molar-refractivity contribution >= 4 is 23.6 Å². The zero-order valence-electron chi connectivity index (χ0n) is 10.0. The molecule has 5 heteroatoms. The molecule has 18 heavy (non-hydrogen) atoms. The lowest BCUT2D eigenvalue weighted by Crippen LogP contribution is -2.20. The lowest BCUT2D eigenvalue weighted by Gasteiger charge is -2.02. The Morgan fingerprint density at radius 2 is 2.17 bits per heavy atom. The fraction of sp³-hybridized carbons (Fsp3) is 0.308. The Kier molecular flexibility index (Phi) is 4.10. The highest BCUT2D eigenvalue weighted by molar-refractivity contribution is 6.32. The first-order valence-electron chi connectivity index (χ1n) is 5.67. The lowest BCUT2D eigenvalue weighted by molar-refractivity contribution is -0.118. The average Bonchev–Trinajstić information content (AvgIpc) is 2.75. The molecule has 0 atom stereocenters. The van der Waals surface area contributed by atoms with E-state index >= 15 is 0 Å². The largest absolute Gasteiger partial charge is 0.454 e. The van der Waals surface area contributed by atoms with Gasteiger partial charge in [-0.25, -0.2) is 0 Å². The molecule has 0 spiro atoms. The van der Waals surface area contributed by atoms with Gasteiger partial charge in [-0.1, -0.05) is 23.8 Å². The summed E-state index contributed by atoms with van der Waals surface area (Å²) in [6.45, 7) is 2.35. The summed E-state index contributed by atoms with van der Waals surface area (Å²) in [6, 6.07) is 3.59. The standard InChI is InChI=1S/C13H14ClNO3/c1-9(16)15-5-3-2-4-10-6-12-13(7-11(10)14)18-8-17-12/h2,4,6-7H,3,5,8H2,1H3,(H,15,16). The number of hydrogen-bond acceptors (Lipinski definition) is 3. The molecule has 1 heterocycles. The minimum atomic E-state index is -0.0236. The van der Waals surface area contributed by atoms with E-state index in [2.05, 4.69) is 5.32 Å². The number of rotatable bonds is 4. The third-order valence-corrected chi connectivity index (χ3v) is 2.80. The first-order valence-corrected chi connectivity index (χ1v) is 6.05. The monoisotopic (exact) mass is 267 g/mol. The van der Waals surface area contributed by atoms with Gasteiger partial charge in [0, 0.05) is 19.5 Å². The molecule has 0 fully saturated rings. The van der Waals surface area contributed by atoms with Gasteiger partial charge in [0.05, 0.1) is 5.02 Å². The zero-order valence-corrected chi connectivity index (χ0v) is 10.8. The first kappa shape index (κ1) is 12.8. The Bertz CT molecular complexity index is 485. The number of fused-ring (bicyclic) bond motifs is 1. The van der Waals surface area contributed by atoms with Crippen molar-refractivity contribution in [2.75, 3.05) is 13.3 Å². The lowest BCUT2D eigenvalue weighted by atomic mass is 10.1. The van der Waals surface area contributed by atoms with E-state index in [9.17, 15) is 4.79 Å². The van der Waals surface area contributed by atoms with Crippen LogP contribution in [0.4, 0.5) is 0 Å². The molecule has 1 amide bonds. The van der Waals surface area contributed by atoms with Crippen LogP contribution in [0.15, 0.2) is 18.2 Å². The molecule has 0 unspecified atom stereocenters. The predicted molar refractivity (Wildman–Crippen MR) is 69.9 cm³/mol. The van der Waals surface area contributed by atoms with Crippen LogP contribution < -0.4 is 14.8 Å². The summed E-state index contributed by atoms with van der Waals surface area (Å²) in [6.07, 6.45) is 4.62. The number of carbonyl (C=O) groups is 1. The second-order valence-corrected chi connectivity index (χ2v) is 4.31. The van der Waals surface area contributed by atoms with Crippen molar-refractivity contribution in [1.82, 2.24) is 5.32 Å². The van der Waals surface area contributed by atoms with Crippen molar-refractivity contribution in [3.63, 3.8) is 0 Å². The highest BCUT2D eigenvalue weighted by Crippen LogP contribution is 2.37. The van der Waals surface area contributed by atoms with Crippen molar-refractivity contribution in [3.05, 3.63) is 28.8 Å². The minimum absolute atomic E-state index is 0.0236. The number of carbonyl (C=O) groups excluding carboxylic acids is 1. The van der Waals surface area contributed by atoms with E-state index < -0.39 is 0 Å². The van der Waals surface area contributed by atoms with Crippen LogP contribution in [0.2, 0.25) is 5.02 Å². The minimum Gasteiger partial charge on any atom is -0.454 e. The fourth-order valence-corrected chi connectivity index (χ4v) is 1.82. The van der Waals surface area contributed by atoms with Crippen molar-refractivity contribution in [2.24, 2.45) is 0 Å². The van der Waals surface area contributed by atoms with Crippen LogP contribution >= 0.6 is 11.6 Å². The summed E-state index contributed by atoms with van der Waals surface area (Å²) in [5, 5.41) is 3.34. The smallest absolute Gasteiger partial charge is 0.231 e. The number of ether oxygens (including phenoxy) is 2. The summed E-state index contributed by atoms with van der Waals surface area (Å²) in [4.78, 5) is 10.7. The van der Waals surface area contributed by atoms with E-state index in [0.29, 0.717) is 23.1 Å². The molecule has 1 aliphatic rings. The number of nitrogens with one attached hydrogen (secondary N) is 1. The van der Waals surface area contributed by atoms with Crippen molar-refractivity contribution in [2.45, 2.75) is 13.3 Å². The molecular weight excluding hydrogens is 254 g/mol. The molecule has 2 rings (SSSR count). The second kappa shape index (κ2) is 5.78. The maximum Gasteiger partial charge on any atom is 0.231 e. The summed E-state index contributed by atoms with van der Waals surface area (Å²) < 4.78 is 10.5. The first-order chi connectivity index (χ1) is 8.66. The number of hydrogen-bond donors (Lipinski definition) is 1. The number of halogens is 1. The van der Waals surface area contributed by atoms with Gasteiger partial charge in [-0.15, -0.1) is 0 Å². The van der Waals surface area contributed by atoms with Gasteiger partial charge in [0.2, 0.25) is 12.7 Å². The van der Waals surface area contributed by atoms with Gasteiger partial charge >= 0.3 is 0 Å². The van der Waals surface area contributed by atoms with E-state index in [1.165, 1.54) is 6.92 Å². The molecule has 0 bridgehead atoms. The molecule has 0 saturated heterocycles. The number of benzene rings is 1. The van der Waals surface area contributed by atoms with Gasteiger partial charge < -0.3 is 14.8 Å². The van der Waals surface area contributed by atoms with E-state index in [1.807, 2.05) is 18.2 Å². The van der Waals surface area contributed by atoms with Crippen LogP contribution in [0.1, 0.15) is 18.9 Å². The third-order valence-electron chi connectivity index (χ3n) is 2.47. The molecule has 1 N–H and O–H groups in total. The van der Waals surface area contributed by atoms with Crippen LogP contribution in [-0.4, -0.2) is 19.2 Å². The van der Waals surface area contributed by atoms with Gasteiger partial charge in [-0.05, 0) is 18.1 Å². The van der Waals surface area contributed by atoms with Crippen molar-refractivity contribution in [1.29, 1.82) is 0 Å². The summed E-state index contributed by atoms with van der Waals surface area (Å²) >= 11 is 6.11. The molecular formula is C13H14ClNO3. The van der Waals surface area contributed by atoms with Gasteiger partial charge in [0.15, 0.2) is 11.5 Å². The summed E-state index contributed by atoms with van der Waals surface area (Å²) in [7, 11) is 0. The molecule has 96 valence electrons. The third kappa shape index (κ3) is 3.17. The van der Waals surface area contributed by atoms with Crippen LogP contribution in [0.3, 0.4) is 0 Å². The van der Waals surface area contributed by atoms with E-state index in [0.717, 1.165) is 12.0 Å². The van der Waals surface area contributed by atoms with Crippen LogP contribution in [0.5, 0.6) is 11.5 Å². The highest BCUT2D eigenvalue weighted by atomic mass is 35.5. The fourth-order valence-electron chi connectivity index (χ4n) is 1.60. The van der Waals surface area contributed by atoms with E-state index in [1.54, 1.807) is 6.07 Å². The molecule has 4 nitrogen and oxygen atoms in total. The zero-order chi connectivity index (χ0) is 13.0. The van der Waals surface area contributed by atoms with E-state index in [-0.39, 0.29) is 12.7 Å². The SMILES string of the molecule is CC(=O)NCCC=Cc1cc2c(cc1Cl)OCO2. The molecule has 0 aromatic heterocycles. The molecule has 0 aliphatic carbocycles. The van der Waals surface area contributed by atoms with Crippen molar-refractivity contribution in [3.8, 4) is 11.5 Å². The van der Waals surface area contributed by atoms with Gasteiger partial charge in [0.25, 0.3) is 0 Å². The normalized spacial score (nSPS) is 13.0. The quantitative estimate of drug-likeness (QED) is 0.853. The molecule has 1 aromatic rings. The molecule has 1 aromatic carbocycles. The van der Waals surface area contributed by atoms with Gasteiger partial charge in [-0.3, -0.25) is 4.79 Å². The van der Waals surface area contributed by atoms with Crippen LogP contribution in [0, 0.1) is 0 Å². The molecule has 0 saturated carbocycles. The van der Waals surface area contributed by atoms with Crippen molar-refractivity contribution < 1.29 is 14.3 Å². The molecule has 0 radical (unpaired) electrons. The Morgan fingerprint density at radius 1 is 1.44 bits per heavy atom. The maximum atomic E-state index is 10.7. The Labute approximate surface area is 111 Å². The Balaban J connectivity index is 1.97. The van der Waals surface area contributed by atoms with Gasteiger partial charge in [-0.2, -0.15) is 0 Å². The molecule has 1 aliphatic heterocycles. The average molecular weight is 268 g/mol. The van der Waals surface area contributed by atoms with Crippen LogP contribution in [-0.2, 0) is 4.79 Å². The van der Waals surface area contributed by atoms with Gasteiger partial charge in [0.1, 0.15) is 0 Å². The Hall–Kier alpha value is -1.68. The van der Waals surface area contributed by atoms with E-state index in [4.69, 9.17) is 21.1 Å². The number of amides is 1. The summed E-state index contributed by atoms with van der Waals surface area (Å²) in [5.74, 6) is 1.36. The summed E-state index contributed by atoms with van der Waals surface area (Å²) in [5.41, 5.74) is 0.878. The highest BCUT2D eigenvalue weighted by Gasteiger charge is 2.15.